The van der Waals surface area contributed by atoms with Gasteiger partial charge < -0.3 is 23.3 Å². The van der Waals surface area contributed by atoms with Crippen LogP contribution in [0.15, 0.2) is 48.5 Å². The van der Waals surface area contributed by atoms with Crippen molar-refractivity contribution in [3.8, 4) is 59.2 Å². The molecule has 0 radical (unpaired) electrons. The van der Waals surface area contributed by atoms with E-state index in [1.165, 1.54) is 0 Å². The average molecular weight is 666 g/mol. The number of carbonyl (C=O) groups is 2. The Labute approximate surface area is 277 Å². The molecular formula is C34H27N3O10Si. The van der Waals surface area contributed by atoms with Gasteiger partial charge in [0.25, 0.3) is 23.8 Å². The van der Waals surface area contributed by atoms with Crippen LogP contribution >= 0.6 is 0 Å². The van der Waals surface area contributed by atoms with E-state index in [9.17, 15) is 29.8 Å². The Kier molecular flexibility index (Phi) is 11.3. The van der Waals surface area contributed by atoms with Crippen molar-refractivity contribution in [2.45, 2.75) is 45.8 Å². The highest BCUT2D eigenvalue weighted by Gasteiger charge is 2.68. The molecule has 2 bridgehead atoms. The van der Waals surface area contributed by atoms with Gasteiger partial charge in [-0.2, -0.15) is 0 Å². The SMILES string of the molecule is CC(C)(C)[C@H](C(=O)OCCC#CC#CC#CC#CC#CC[Si]12OC(O1)O2)[C@H](NC(=O)c1cc([N+](=O)[O-])cc([N+](=O)[O-])c1)c1ccccc1. The van der Waals surface area contributed by atoms with Crippen LogP contribution in [0.1, 0.15) is 49.2 Å². The molecule has 0 saturated carbocycles. The number of nitrogens with zero attached hydrogens (tertiary/aromatic N) is 2. The Morgan fingerprint density at radius 2 is 1.42 bits per heavy atom. The third-order valence-corrected chi connectivity index (χ3v) is 9.03. The number of non-ortho nitro benzene ring substituents is 2. The number of rotatable bonds is 10. The highest BCUT2D eigenvalue weighted by molar-refractivity contribution is 6.66. The molecule has 3 saturated heterocycles. The van der Waals surface area contributed by atoms with Crippen molar-refractivity contribution < 1.29 is 37.5 Å². The van der Waals surface area contributed by atoms with Crippen molar-refractivity contribution in [1.82, 2.24) is 5.32 Å². The fraction of sp³-hybridized carbons (Fsp3) is 0.294. The Morgan fingerprint density at radius 1 is 0.875 bits per heavy atom. The van der Waals surface area contributed by atoms with Crippen LogP contribution in [0.25, 0.3) is 0 Å². The monoisotopic (exact) mass is 665 g/mol. The number of hydrogen-bond acceptors (Lipinski definition) is 10. The fourth-order valence-electron chi connectivity index (χ4n) is 4.55. The van der Waals surface area contributed by atoms with E-state index in [-0.39, 0.29) is 18.6 Å². The van der Waals surface area contributed by atoms with Gasteiger partial charge in [0, 0.05) is 18.6 Å². The highest BCUT2D eigenvalue weighted by atomic mass is 28.4. The van der Waals surface area contributed by atoms with Crippen molar-refractivity contribution >= 4 is 32.1 Å². The molecule has 0 aromatic heterocycles. The van der Waals surface area contributed by atoms with Crippen molar-refractivity contribution in [3.63, 3.8) is 0 Å². The van der Waals surface area contributed by atoms with Crippen molar-refractivity contribution in [3.05, 3.63) is 79.9 Å². The second-order valence-electron chi connectivity index (χ2n) is 11.2. The average Bonchev–Trinajstić information content (AvgIpc) is 3.00. The zero-order chi connectivity index (χ0) is 34.7. The molecule has 14 heteroatoms. The van der Waals surface area contributed by atoms with E-state index in [0.717, 1.165) is 18.2 Å². The quantitative estimate of drug-likeness (QED) is 0.0981. The number of esters is 1. The summed E-state index contributed by atoms with van der Waals surface area (Å²) in [5.74, 6) is 23.7. The number of benzene rings is 2. The molecule has 1 amide bonds. The first kappa shape index (κ1) is 34.9. The summed E-state index contributed by atoms with van der Waals surface area (Å²) in [6.45, 7) is 4.83. The van der Waals surface area contributed by atoms with Gasteiger partial charge >= 0.3 is 14.8 Å². The van der Waals surface area contributed by atoms with Crippen LogP contribution in [0.5, 0.6) is 0 Å². The summed E-state index contributed by atoms with van der Waals surface area (Å²) in [6, 6.07) is 10.7. The fourth-order valence-corrected chi connectivity index (χ4v) is 6.03. The van der Waals surface area contributed by atoms with E-state index in [1.807, 2.05) is 0 Å². The lowest BCUT2D eigenvalue weighted by Gasteiger charge is -2.54. The molecule has 48 heavy (non-hydrogen) atoms. The molecule has 3 heterocycles. The van der Waals surface area contributed by atoms with Crippen LogP contribution in [0.2, 0.25) is 6.04 Å². The smallest absolute Gasteiger partial charge is 0.464 e. The molecule has 242 valence electrons. The molecule has 5 rings (SSSR count). The Bertz CT molecular complexity index is 1880. The number of carbonyl (C=O) groups excluding carboxylic acids is 2. The molecule has 3 fully saturated rings. The minimum Gasteiger partial charge on any atom is -0.464 e. The number of nitrogens with one attached hydrogen (secondary N) is 1. The van der Waals surface area contributed by atoms with Crippen molar-refractivity contribution in [1.29, 1.82) is 0 Å². The summed E-state index contributed by atoms with van der Waals surface area (Å²) in [6.07, 6.45) is 0.169. The van der Waals surface area contributed by atoms with Gasteiger partial charge in [0.2, 0.25) is 0 Å². The van der Waals surface area contributed by atoms with Crippen molar-refractivity contribution in [2.75, 3.05) is 6.61 Å². The Morgan fingerprint density at radius 3 is 1.92 bits per heavy atom. The molecular weight excluding hydrogens is 638 g/mol. The second-order valence-corrected chi connectivity index (χ2v) is 13.7. The largest absolute Gasteiger partial charge is 0.524 e. The first-order valence-electron chi connectivity index (χ1n) is 14.3. The number of hydrogen-bond donors (Lipinski definition) is 1. The van der Waals surface area contributed by atoms with Gasteiger partial charge in [0.15, 0.2) is 0 Å². The van der Waals surface area contributed by atoms with Crippen LogP contribution in [0, 0.1) is 90.8 Å². The van der Waals surface area contributed by atoms with E-state index in [4.69, 9.17) is 18.0 Å². The van der Waals surface area contributed by atoms with Gasteiger partial charge in [-0.25, -0.2) is 0 Å². The van der Waals surface area contributed by atoms with E-state index >= 15 is 0 Å². The molecule has 0 aliphatic carbocycles. The molecule has 3 aliphatic heterocycles. The molecule has 0 unspecified atom stereocenters. The van der Waals surface area contributed by atoms with Gasteiger partial charge in [-0.15, -0.1) is 0 Å². The maximum atomic E-state index is 13.5. The van der Waals surface area contributed by atoms with Gasteiger partial charge in [0.1, 0.15) is 6.61 Å². The zero-order valence-corrected chi connectivity index (χ0v) is 26.9. The molecule has 2 aromatic rings. The first-order valence-corrected chi connectivity index (χ1v) is 16.3. The van der Waals surface area contributed by atoms with Crippen molar-refractivity contribution in [2.24, 2.45) is 11.3 Å². The molecule has 0 spiro atoms. The van der Waals surface area contributed by atoms with Gasteiger partial charge in [0.05, 0.1) is 39.5 Å². The van der Waals surface area contributed by atoms with Crippen LogP contribution in [-0.2, 0) is 22.8 Å². The van der Waals surface area contributed by atoms with E-state index in [0.29, 0.717) is 11.6 Å². The van der Waals surface area contributed by atoms with Crippen LogP contribution in [0.3, 0.4) is 0 Å². The minimum absolute atomic E-state index is 0.0611. The predicted molar refractivity (Wildman–Crippen MR) is 171 cm³/mol. The number of nitro benzene ring substituents is 2. The number of ether oxygens (including phenoxy) is 1. The number of nitro groups is 2. The molecule has 2 aromatic carbocycles. The zero-order valence-electron chi connectivity index (χ0n) is 25.9. The van der Waals surface area contributed by atoms with Crippen LogP contribution < -0.4 is 5.32 Å². The third kappa shape index (κ3) is 9.31. The summed E-state index contributed by atoms with van der Waals surface area (Å²) in [5, 5.41) is 25.5. The lowest BCUT2D eigenvalue weighted by Crippen LogP contribution is -2.75. The summed E-state index contributed by atoms with van der Waals surface area (Å²) >= 11 is 0. The maximum Gasteiger partial charge on any atom is 0.524 e. The summed E-state index contributed by atoms with van der Waals surface area (Å²) in [7, 11) is -2.41. The Balaban J connectivity index is 1.39. The van der Waals surface area contributed by atoms with Crippen LogP contribution in [0.4, 0.5) is 11.4 Å². The summed E-state index contributed by atoms with van der Waals surface area (Å²) < 4.78 is 21.3. The summed E-state index contributed by atoms with van der Waals surface area (Å²) in [4.78, 5) is 48.0. The Hall–Kier alpha value is -5.92. The van der Waals surface area contributed by atoms with Gasteiger partial charge in [-0.1, -0.05) is 62.9 Å². The standard InChI is InChI=1S/C34H27N3O10Si/c1-34(2,3)29(32(39)44-20-16-11-9-7-5-4-6-8-10-12-17-21-48-45-33(46-48)47-48)30(25-18-14-13-15-19-25)35-31(38)26-22-27(36(40)41)24-28(23-26)37(42)43/h13-15,18-19,22-24,29-30,33H,16,20-21H2,1-3H3,(H,35,38)/t29-,30+,33?,48?/m0/s1. The molecule has 2 atom stereocenters. The predicted octanol–water partition coefficient (Wildman–Crippen LogP) is 3.89. The molecule has 13 nitrogen and oxygen atoms in total. The first-order chi connectivity index (χ1) is 22.9. The summed E-state index contributed by atoms with van der Waals surface area (Å²) in [5.41, 5.74) is -1.74. The van der Waals surface area contributed by atoms with E-state index in [1.54, 1.807) is 51.1 Å². The second kappa shape index (κ2) is 15.6. The topological polar surface area (TPSA) is 169 Å². The maximum absolute atomic E-state index is 13.5. The van der Waals surface area contributed by atoms with Crippen LogP contribution in [-0.4, -0.2) is 43.6 Å². The third-order valence-electron chi connectivity index (χ3n) is 6.77. The lowest BCUT2D eigenvalue weighted by molar-refractivity contribution is -0.394. The van der Waals surface area contributed by atoms with Gasteiger partial charge in [-0.05, 0) is 58.3 Å². The highest BCUT2D eigenvalue weighted by Crippen LogP contribution is 2.43. The number of amides is 1. The van der Waals surface area contributed by atoms with E-state index in [2.05, 4.69) is 64.5 Å². The lowest BCUT2D eigenvalue weighted by atomic mass is 9.74. The normalized spacial score (nSPS) is 17.7. The van der Waals surface area contributed by atoms with E-state index < -0.39 is 65.8 Å². The molecule has 1 N–H and O–H groups in total. The minimum atomic E-state index is -2.41. The van der Waals surface area contributed by atoms with Gasteiger partial charge in [-0.3, -0.25) is 29.8 Å². The molecule has 3 aliphatic rings.